The average molecular weight is 362 g/mol. The summed E-state index contributed by atoms with van der Waals surface area (Å²) in [5.74, 6) is 0. The number of benzene rings is 2. The second kappa shape index (κ2) is 6.04. The molecule has 0 spiro atoms. The van der Waals surface area contributed by atoms with E-state index in [9.17, 15) is 0 Å². The predicted molar refractivity (Wildman–Crippen MR) is 93.0 cm³/mol. The topological polar surface area (TPSA) is 24.9 Å². The second-order valence-corrected chi connectivity index (χ2v) is 6.29. The Morgan fingerprint density at radius 2 is 2.05 bits per heavy atom. The molecule has 0 saturated carbocycles. The van der Waals surface area contributed by atoms with Gasteiger partial charge in [-0.3, -0.25) is 4.98 Å². The maximum Gasteiger partial charge on any atom is 0.0934 e. The number of fused-ring (bicyclic) bond motifs is 1. The van der Waals surface area contributed by atoms with Crippen LogP contribution in [0.3, 0.4) is 0 Å². The van der Waals surface area contributed by atoms with E-state index < -0.39 is 0 Å². The number of aromatic nitrogens is 1. The lowest BCUT2D eigenvalue weighted by atomic mass is 10.1. The molecule has 0 radical (unpaired) electrons. The maximum atomic E-state index is 6.16. The molecule has 3 rings (SSSR count). The molecule has 0 aliphatic heterocycles. The Hall–Kier alpha value is -1.58. The van der Waals surface area contributed by atoms with Gasteiger partial charge < -0.3 is 5.32 Å². The first kappa shape index (κ1) is 14.4. The van der Waals surface area contributed by atoms with Gasteiger partial charge in [0.25, 0.3) is 0 Å². The highest BCUT2D eigenvalue weighted by Crippen LogP contribution is 2.25. The summed E-state index contributed by atoms with van der Waals surface area (Å²) in [6.07, 6.45) is 1.82. The highest BCUT2D eigenvalue weighted by Gasteiger charge is 2.03. The van der Waals surface area contributed by atoms with Gasteiger partial charge in [-0.2, -0.15) is 0 Å². The van der Waals surface area contributed by atoms with Gasteiger partial charge in [-0.25, -0.2) is 0 Å². The lowest BCUT2D eigenvalue weighted by molar-refractivity contribution is 1.15. The average Bonchev–Trinajstić information content (AvgIpc) is 2.48. The SMILES string of the molecule is Cc1ccc(CNc2cccc3cc(Br)cnc23)cc1Cl. The fourth-order valence-corrected chi connectivity index (χ4v) is 2.77. The van der Waals surface area contributed by atoms with Crippen molar-refractivity contribution in [2.75, 3.05) is 5.32 Å². The first-order valence-electron chi connectivity index (χ1n) is 6.66. The summed E-state index contributed by atoms with van der Waals surface area (Å²) in [5, 5.41) is 5.34. The fraction of sp³-hybridized carbons (Fsp3) is 0.118. The molecule has 0 aliphatic rings. The molecule has 0 aliphatic carbocycles. The molecular formula is C17H14BrClN2. The second-order valence-electron chi connectivity index (χ2n) is 4.97. The number of nitrogens with one attached hydrogen (secondary N) is 1. The zero-order chi connectivity index (χ0) is 14.8. The number of hydrogen-bond donors (Lipinski definition) is 1. The number of nitrogens with zero attached hydrogens (tertiary/aromatic N) is 1. The van der Waals surface area contributed by atoms with E-state index in [1.807, 2.05) is 37.4 Å². The minimum atomic E-state index is 0.719. The fourth-order valence-electron chi connectivity index (χ4n) is 2.22. The van der Waals surface area contributed by atoms with E-state index in [1.54, 1.807) is 0 Å². The largest absolute Gasteiger partial charge is 0.379 e. The van der Waals surface area contributed by atoms with Crippen LogP contribution in [-0.4, -0.2) is 4.98 Å². The monoisotopic (exact) mass is 360 g/mol. The first-order valence-corrected chi connectivity index (χ1v) is 7.84. The van der Waals surface area contributed by atoms with Crippen LogP contribution in [0.1, 0.15) is 11.1 Å². The van der Waals surface area contributed by atoms with Gasteiger partial charge in [0, 0.05) is 27.6 Å². The summed E-state index contributed by atoms with van der Waals surface area (Å²) < 4.78 is 0.984. The number of aryl methyl sites for hydroxylation is 1. The van der Waals surface area contributed by atoms with Crippen molar-refractivity contribution in [1.82, 2.24) is 4.98 Å². The summed E-state index contributed by atoms with van der Waals surface area (Å²) >= 11 is 9.61. The number of halogens is 2. The third kappa shape index (κ3) is 3.20. The molecule has 0 fully saturated rings. The van der Waals surface area contributed by atoms with E-state index in [1.165, 1.54) is 0 Å². The van der Waals surface area contributed by atoms with Gasteiger partial charge in [-0.1, -0.05) is 35.9 Å². The highest BCUT2D eigenvalue weighted by molar-refractivity contribution is 9.10. The van der Waals surface area contributed by atoms with Gasteiger partial charge in [0.15, 0.2) is 0 Å². The number of rotatable bonds is 3. The molecular weight excluding hydrogens is 348 g/mol. The van der Waals surface area contributed by atoms with Gasteiger partial charge in [0.2, 0.25) is 0 Å². The minimum Gasteiger partial charge on any atom is -0.379 e. The molecule has 1 aromatic heterocycles. The third-order valence-electron chi connectivity index (χ3n) is 3.40. The zero-order valence-electron chi connectivity index (χ0n) is 11.5. The molecule has 0 bridgehead atoms. The molecule has 0 atom stereocenters. The summed E-state index contributed by atoms with van der Waals surface area (Å²) in [4.78, 5) is 4.49. The van der Waals surface area contributed by atoms with E-state index in [4.69, 9.17) is 11.6 Å². The molecule has 0 unspecified atom stereocenters. The standard InChI is InChI=1S/C17H14BrClN2/c1-11-5-6-12(7-15(11)19)9-20-16-4-2-3-13-8-14(18)10-21-17(13)16/h2-8,10,20H,9H2,1H3. The highest BCUT2D eigenvalue weighted by atomic mass is 79.9. The van der Waals surface area contributed by atoms with E-state index in [0.717, 1.165) is 43.8 Å². The van der Waals surface area contributed by atoms with Crippen molar-refractivity contribution >= 4 is 44.1 Å². The van der Waals surface area contributed by atoms with Gasteiger partial charge in [-0.05, 0) is 52.2 Å². The number of pyridine rings is 1. The summed E-state index contributed by atoms with van der Waals surface area (Å²) in [7, 11) is 0. The van der Waals surface area contributed by atoms with Crippen LogP contribution >= 0.6 is 27.5 Å². The molecule has 0 saturated heterocycles. The molecule has 2 nitrogen and oxygen atoms in total. The zero-order valence-corrected chi connectivity index (χ0v) is 13.9. The summed E-state index contributed by atoms with van der Waals surface area (Å²) in [5.41, 5.74) is 4.24. The minimum absolute atomic E-state index is 0.719. The lowest BCUT2D eigenvalue weighted by Crippen LogP contribution is -2.00. The molecule has 21 heavy (non-hydrogen) atoms. The Kier molecular flexibility index (Phi) is 4.13. The number of anilines is 1. The Morgan fingerprint density at radius 1 is 1.19 bits per heavy atom. The number of para-hydroxylation sites is 1. The van der Waals surface area contributed by atoms with Crippen molar-refractivity contribution in [3.05, 3.63) is 69.3 Å². The van der Waals surface area contributed by atoms with Crippen LogP contribution in [-0.2, 0) is 6.54 Å². The van der Waals surface area contributed by atoms with Gasteiger partial charge >= 0.3 is 0 Å². The molecule has 1 N–H and O–H groups in total. The lowest BCUT2D eigenvalue weighted by Gasteiger charge is -2.10. The van der Waals surface area contributed by atoms with E-state index in [-0.39, 0.29) is 0 Å². The summed E-state index contributed by atoms with van der Waals surface area (Å²) in [6.45, 7) is 2.73. The molecule has 4 heteroatoms. The predicted octanol–water partition coefficient (Wildman–Crippen LogP) is 5.57. The molecule has 106 valence electrons. The molecule has 0 amide bonds. The van der Waals surface area contributed by atoms with E-state index in [0.29, 0.717) is 0 Å². The van der Waals surface area contributed by atoms with Crippen molar-refractivity contribution in [2.45, 2.75) is 13.5 Å². The third-order valence-corrected chi connectivity index (χ3v) is 4.24. The van der Waals surface area contributed by atoms with Crippen LogP contribution in [0.4, 0.5) is 5.69 Å². The van der Waals surface area contributed by atoms with Crippen molar-refractivity contribution in [3.63, 3.8) is 0 Å². The maximum absolute atomic E-state index is 6.16. The van der Waals surface area contributed by atoms with E-state index in [2.05, 4.69) is 44.4 Å². The Morgan fingerprint density at radius 3 is 2.86 bits per heavy atom. The first-order chi connectivity index (χ1) is 10.1. The molecule has 2 aromatic carbocycles. The van der Waals surface area contributed by atoms with Crippen molar-refractivity contribution in [1.29, 1.82) is 0 Å². The van der Waals surface area contributed by atoms with Gasteiger partial charge in [-0.15, -0.1) is 0 Å². The quantitative estimate of drug-likeness (QED) is 0.659. The van der Waals surface area contributed by atoms with Crippen LogP contribution in [0.2, 0.25) is 5.02 Å². The Balaban J connectivity index is 1.86. The summed E-state index contributed by atoms with van der Waals surface area (Å²) in [6, 6.07) is 14.3. The smallest absolute Gasteiger partial charge is 0.0934 e. The normalized spacial score (nSPS) is 10.8. The Bertz CT molecular complexity index is 802. The van der Waals surface area contributed by atoms with Crippen LogP contribution in [0.15, 0.2) is 53.1 Å². The van der Waals surface area contributed by atoms with Crippen LogP contribution in [0, 0.1) is 6.92 Å². The molecule has 3 aromatic rings. The van der Waals surface area contributed by atoms with Crippen LogP contribution in [0.5, 0.6) is 0 Å². The van der Waals surface area contributed by atoms with Gasteiger partial charge in [0.1, 0.15) is 0 Å². The van der Waals surface area contributed by atoms with Crippen LogP contribution in [0.25, 0.3) is 10.9 Å². The molecule has 1 heterocycles. The Labute approximate surface area is 137 Å². The van der Waals surface area contributed by atoms with Crippen molar-refractivity contribution in [2.24, 2.45) is 0 Å². The van der Waals surface area contributed by atoms with Crippen LogP contribution < -0.4 is 5.32 Å². The van der Waals surface area contributed by atoms with Gasteiger partial charge in [0.05, 0.1) is 11.2 Å². The van der Waals surface area contributed by atoms with Crippen molar-refractivity contribution < 1.29 is 0 Å². The van der Waals surface area contributed by atoms with E-state index >= 15 is 0 Å². The van der Waals surface area contributed by atoms with Crippen molar-refractivity contribution in [3.8, 4) is 0 Å². The number of hydrogen-bond acceptors (Lipinski definition) is 2.